The van der Waals surface area contributed by atoms with E-state index in [1.54, 1.807) is 12.1 Å². The first-order valence-corrected chi connectivity index (χ1v) is 12.1. The molecular formula is C19H23NO5S2. The summed E-state index contributed by atoms with van der Waals surface area (Å²) in [4.78, 5) is 0.111. The minimum atomic E-state index is -3.79. The fourth-order valence-corrected chi connectivity index (χ4v) is 7.94. The molecule has 0 saturated carbocycles. The molecule has 6 nitrogen and oxygen atoms in total. The second kappa shape index (κ2) is 8.00. The summed E-state index contributed by atoms with van der Waals surface area (Å²) in [6.45, 7) is 2.74. The minimum Gasteiger partial charge on any atom is -0.494 e. The lowest BCUT2D eigenvalue weighted by atomic mass is 10.2. The van der Waals surface area contributed by atoms with Crippen LogP contribution in [-0.4, -0.2) is 46.2 Å². The zero-order valence-electron chi connectivity index (χ0n) is 15.0. The number of ether oxygens (including phenoxy) is 1. The molecule has 1 N–H and O–H groups in total. The number of rotatable bonds is 7. The first kappa shape index (κ1) is 19.9. The third-order valence-electron chi connectivity index (χ3n) is 4.57. The van der Waals surface area contributed by atoms with Crippen LogP contribution < -0.4 is 10.1 Å². The van der Waals surface area contributed by atoms with Crippen LogP contribution in [0.4, 0.5) is 0 Å². The molecule has 1 saturated heterocycles. The quantitative estimate of drug-likeness (QED) is 0.750. The van der Waals surface area contributed by atoms with Crippen LogP contribution in [0, 0.1) is 0 Å². The second-order valence-corrected chi connectivity index (χ2v) is 10.9. The van der Waals surface area contributed by atoms with Crippen LogP contribution in [0.25, 0.3) is 0 Å². The van der Waals surface area contributed by atoms with E-state index in [0.717, 1.165) is 5.56 Å². The molecule has 0 radical (unpaired) electrons. The average molecular weight is 410 g/mol. The molecule has 2 atom stereocenters. The van der Waals surface area contributed by atoms with Crippen molar-refractivity contribution in [2.45, 2.75) is 29.7 Å². The van der Waals surface area contributed by atoms with Gasteiger partial charge in [-0.05, 0) is 36.8 Å². The van der Waals surface area contributed by atoms with Gasteiger partial charge in [0, 0.05) is 12.6 Å². The summed E-state index contributed by atoms with van der Waals surface area (Å²) in [5.41, 5.74) is 0.971. The Bertz CT molecular complexity index is 971. The molecule has 0 bridgehead atoms. The van der Waals surface area contributed by atoms with Gasteiger partial charge < -0.3 is 10.1 Å². The standard InChI is InChI=1S/C19H23NO5S2/c1-2-25-16-8-10-17(11-9-16)27(23,24)19-14-26(21,22)13-18(19)20-12-15-6-4-3-5-7-15/h3-11,18-20H,2,12-14H2,1H3/t18-,19-/m1/s1. The van der Waals surface area contributed by atoms with Crippen LogP contribution in [-0.2, 0) is 26.2 Å². The lowest BCUT2D eigenvalue weighted by Gasteiger charge is -2.20. The summed E-state index contributed by atoms with van der Waals surface area (Å²) >= 11 is 0. The zero-order chi connectivity index (χ0) is 19.5. The van der Waals surface area contributed by atoms with Crippen molar-refractivity contribution < 1.29 is 21.6 Å². The van der Waals surface area contributed by atoms with Gasteiger partial charge in [0.15, 0.2) is 19.7 Å². The molecule has 1 fully saturated rings. The van der Waals surface area contributed by atoms with E-state index < -0.39 is 31.0 Å². The summed E-state index contributed by atoms with van der Waals surface area (Å²) in [6.07, 6.45) is 0. The van der Waals surface area contributed by atoms with E-state index in [1.807, 2.05) is 37.3 Å². The highest BCUT2D eigenvalue weighted by molar-refractivity contribution is 7.96. The Kier molecular flexibility index (Phi) is 5.88. The Labute approximate surface area is 160 Å². The van der Waals surface area contributed by atoms with E-state index in [4.69, 9.17) is 4.74 Å². The normalized spacial score (nSPS) is 21.8. The molecule has 1 aliphatic rings. The van der Waals surface area contributed by atoms with Gasteiger partial charge in [0.25, 0.3) is 0 Å². The van der Waals surface area contributed by atoms with E-state index in [1.165, 1.54) is 12.1 Å². The fourth-order valence-electron chi connectivity index (χ4n) is 3.22. The molecule has 0 unspecified atom stereocenters. The fraction of sp³-hybridized carbons (Fsp3) is 0.368. The summed E-state index contributed by atoms with van der Waals surface area (Å²) in [5, 5.41) is 2.12. The highest BCUT2D eigenvalue weighted by Gasteiger charge is 2.45. The van der Waals surface area contributed by atoms with Gasteiger partial charge in [-0.2, -0.15) is 0 Å². The van der Waals surface area contributed by atoms with Crippen LogP contribution >= 0.6 is 0 Å². The average Bonchev–Trinajstić information content (AvgIpc) is 2.97. The van der Waals surface area contributed by atoms with Gasteiger partial charge >= 0.3 is 0 Å². The van der Waals surface area contributed by atoms with Crippen molar-refractivity contribution in [2.75, 3.05) is 18.1 Å². The number of hydrogen-bond acceptors (Lipinski definition) is 6. The van der Waals surface area contributed by atoms with Crippen molar-refractivity contribution in [1.29, 1.82) is 0 Å². The molecule has 1 aliphatic heterocycles. The van der Waals surface area contributed by atoms with E-state index >= 15 is 0 Å². The minimum absolute atomic E-state index is 0.111. The van der Waals surface area contributed by atoms with Gasteiger partial charge in [-0.3, -0.25) is 0 Å². The second-order valence-electron chi connectivity index (χ2n) is 6.54. The number of sulfone groups is 2. The molecule has 146 valence electrons. The highest BCUT2D eigenvalue weighted by Crippen LogP contribution is 2.27. The lowest BCUT2D eigenvalue weighted by Crippen LogP contribution is -2.43. The molecule has 1 heterocycles. The van der Waals surface area contributed by atoms with Crippen LogP contribution in [0.2, 0.25) is 0 Å². The van der Waals surface area contributed by atoms with Gasteiger partial charge in [-0.15, -0.1) is 0 Å². The Morgan fingerprint density at radius 3 is 2.33 bits per heavy atom. The Hall–Kier alpha value is -1.90. The number of nitrogens with one attached hydrogen (secondary N) is 1. The molecular weight excluding hydrogens is 386 g/mol. The summed E-state index contributed by atoms with van der Waals surface area (Å²) < 4.78 is 55.8. The molecule has 2 aromatic rings. The van der Waals surface area contributed by atoms with Crippen molar-refractivity contribution in [2.24, 2.45) is 0 Å². The first-order chi connectivity index (χ1) is 12.8. The molecule has 0 amide bonds. The Morgan fingerprint density at radius 2 is 1.70 bits per heavy atom. The predicted octanol–water partition coefficient (Wildman–Crippen LogP) is 1.81. The van der Waals surface area contributed by atoms with Gasteiger partial charge in [-0.1, -0.05) is 30.3 Å². The van der Waals surface area contributed by atoms with Crippen LogP contribution in [0.5, 0.6) is 5.75 Å². The Balaban J connectivity index is 1.82. The SMILES string of the molecule is CCOc1ccc(S(=O)(=O)[C@@H]2CS(=O)(=O)C[C@H]2NCc2ccccc2)cc1. The molecule has 0 spiro atoms. The van der Waals surface area contributed by atoms with Crippen LogP contribution in [0.1, 0.15) is 12.5 Å². The van der Waals surface area contributed by atoms with E-state index in [9.17, 15) is 16.8 Å². The van der Waals surface area contributed by atoms with Gasteiger partial charge in [0.1, 0.15) is 5.75 Å². The van der Waals surface area contributed by atoms with Crippen molar-refractivity contribution in [1.82, 2.24) is 5.32 Å². The van der Waals surface area contributed by atoms with E-state index in [-0.39, 0.29) is 16.4 Å². The lowest BCUT2D eigenvalue weighted by molar-refractivity contribution is 0.340. The number of benzene rings is 2. The summed E-state index contributed by atoms with van der Waals surface area (Å²) in [5.74, 6) is 0.0321. The summed E-state index contributed by atoms with van der Waals surface area (Å²) in [6, 6.07) is 15.0. The van der Waals surface area contributed by atoms with E-state index in [2.05, 4.69) is 5.32 Å². The largest absolute Gasteiger partial charge is 0.494 e. The first-order valence-electron chi connectivity index (χ1n) is 8.76. The molecule has 27 heavy (non-hydrogen) atoms. The number of hydrogen-bond donors (Lipinski definition) is 1. The smallest absolute Gasteiger partial charge is 0.183 e. The van der Waals surface area contributed by atoms with Crippen molar-refractivity contribution in [3.8, 4) is 5.75 Å². The van der Waals surface area contributed by atoms with Gasteiger partial charge in [0.2, 0.25) is 0 Å². The van der Waals surface area contributed by atoms with Gasteiger partial charge in [0.05, 0.1) is 28.3 Å². The third-order valence-corrected chi connectivity index (χ3v) is 8.74. The monoisotopic (exact) mass is 409 g/mol. The zero-order valence-corrected chi connectivity index (χ0v) is 16.7. The van der Waals surface area contributed by atoms with Gasteiger partial charge in [-0.25, -0.2) is 16.8 Å². The van der Waals surface area contributed by atoms with E-state index in [0.29, 0.717) is 18.9 Å². The van der Waals surface area contributed by atoms with Crippen LogP contribution in [0.15, 0.2) is 59.5 Å². The maximum atomic E-state index is 13.1. The van der Waals surface area contributed by atoms with Crippen molar-refractivity contribution >= 4 is 19.7 Å². The molecule has 0 aliphatic carbocycles. The van der Waals surface area contributed by atoms with Crippen molar-refractivity contribution in [3.63, 3.8) is 0 Å². The molecule has 2 aromatic carbocycles. The molecule has 3 rings (SSSR count). The molecule has 0 aromatic heterocycles. The maximum Gasteiger partial charge on any atom is 0.183 e. The van der Waals surface area contributed by atoms with Crippen molar-refractivity contribution in [3.05, 3.63) is 60.2 Å². The topological polar surface area (TPSA) is 89.5 Å². The van der Waals surface area contributed by atoms with Crippen LogP contribution in [0.3, 0.4) is 0 Å². The summed E-state index contributed by atoms with van der Waals surface area (Å²) in [7, 11) is -7.22. The predicted molar refractivity (Wildman–Crippen MR) is 104 cm³/mol. The Morgan fingerprint density at radius 1 is 1.04 bits per heavy atom. The highest BCUT2D eigenvalue weighted by atomic mass is 32.2. The maximum absolute atomic E-state index is 13.1. The third kappa shape index (κ3) is 4.69. The molecule has 8 heteroatoms.